The normalized spacial score (nSPS) is 26.9. The molecule has 0 spiro atoms. The van der Waals surface area contributed by atoms with Crippen LogP contribution in [0.5, 0.6) is 17.2 Å². The van der Waals surface area contributed by atoms with Gasteiger partial charge in [-0.15, -0.1) is 0 Å². The van der Waals surface area contributed by atoms with E-state index in [4.69, 9.17) is 28.4 Å². The lowest BCUT2D eigenvalue weighted by Crippen LogP contribution is -2.58. The minimum Gasteiger partial charge on any atom is -0.493 e. The topological polar surface area (TPSA) is 109 Å². The highest BCUT2D eigenvalue weighted by Gasteiger charge is 2.54. The molecular weight excluding hydrogens is 540 g/mol. The summed E-state index contributed by atoms with van der Waals surface area (Å²) < 4.78 is 33.6. The molecule has 10 heteroatoms. The van der Waals surface area contributed by atoms with Gasteiger partial charge in [-0.2, -0.15) is 0 Å². The molecule has 1 aromatic heterocycles. The Labute approximate surface area is 245 Å². The molecule has 224 valence electrons. The van der Waals surface area contributed by atoms with Crippen LogP contribution in [0, 0.1) is 17.8 Å². The van der Waals surface area contributed by atoms with Crippen molar-refractivity contribution in [3.05, 3.63) is 53.2 Å². The van der Waals surface area contributed by atoms with Crippen molar-refractivity contribution in [1.29, 1.82) is 0 Å². The number of carbonyl (C=O) groups is 2. The first-order valence-corrected chi connectivity index (χ1v) is 14.4. The number of H-pyrrole nitrogens is 1. The van der Waals surface area contributed by atoms with Crippen LogP contribution >= 0.6 is 0 Å². The van der Waals surface area contributed by atoms with Crippen LogP contribution < -0.4 is 14.2 Å². The molecule has 3 unspecified atom stereocenters. The minimum absolute atomic E-state index is 0.0112. The molecule has 42 heavy (non-hydrogen) atoms. The Morgan fingerprint density at radius 1 is 0.952 bits per heavy atom. The average Bonchev–Trinajstić information content (AvgIpc) is 3.41. The number of hydrogen-bond donors (Lipinski definition) is 1. The van der Waals surface area contributed by atoms with Gasteiger partial charge in [0, 0.05) is 36.8 Å². The van der Waals surface area contributed by atoms with Crippen molar-refractivity contribution in [1.82, 2.24) is 9.88 Å². The Morgan fingerprint density at radius 2 is 1.69 bits per heavy atom. The van der Waals surface area contributed by atoms with Crippen LogP contribution in [0.15, 0.2) is 36.4 Å². The fourth-order valence-electron chi connectivity index (χ4n) is 7.60. The number of piperidine rings is 1. The highest BCUT2D eigenvalue weighted by Crippen LogP contribution is 2.50. The molecule has 0 radical (unpaired) electrons. The maximum atomic E-state index is 13.5. The summed E-state index contributed by atoms with van der Waals surface area (Å²) in [5, 5.41) is 1.27. The number of ether oxygens (including phenoxy) is 6. The van der Waals surface area contributed by atoms with Crippen LogP contribution in [0.25, 0.3) is 10.9 Å². The van der Waals surface area contributed by atoms with E-state index in [0.717, 1.165) is 31.4 Å². The zero-order valence-electron chi connectivity index (χ0n) is 24.7. The second-order valence-corrected chi connectivity index (χ2v) is 11.3. The maximum Gasteiger partial charge on any atom is 0.338 e. The molecule has 2 aromatic carbocycles. The Balaban J connectivity index is 1.29. The molecular formula is C32H38N2O8. The van der Waals surface area contributed by atoms with Gasteiger partial charge in [0.1, 0.15) is 12.2 Å². The van der Waals surface area contributed by atoms with E-state index in [-0.39, 0.29) is 29.4 Å². The van der Waals surface area contributed by atoms with E-state index in [1.807, 2.05) is 0 Å². The molecule has 0 amide bonds. The molecule has 1 saturated carbocycles. The first-order chi connectivity index (χ1) is 20.4. The SMILES string of the molecule is COC(=O)C1C(OC)C(OC(=O)c2cc(OC)c(OC)c(OC)c2)C[C@H]2CN3CCc4c([nH]c5ccccc45)[C@@H]3C[C@H]12. The molecule has 0 bridgehead atoms. The number of nitrogens with zero attached hydrogens (tertiary/aromatic N) is 1. The van der Waals surface area contributed by atoms with E-state index in [1.165, 1.54) is 45.1 Å². The summed E-state index contributed by atoms with van der Waals surface area (Å²) in [5.41, 5.74) is 4.01. The first kappa shape index (κ1) is 28.4. The number of rotatable bonds is 7. The molecule has 1 saturated heterocycles. The van der Waals surface area contributed by atoms with Crippen LogP contribution in [-0.4, -0.2) is 82.7 Å². The van der Waals surface area contributed by atoms with Crippen molar-refractivity contribution in [3.8, 4) is 17.2 Å². The number of benzene rings is 2. The van der Waals surface area contributed by atoms with Crippen molar-refractivity contribution >= 4 is 22.8 Å². The van der Waals surface area contributed by atoms with Gasteiger partial charge in [-0.1, -0.05) is 18.2 Å². The average molecular weight is 579 g/mol. The Hall–Kier alpha value is -3.76. The molecule has 6 atom stereocenters. The summed E-state index contributed by atoms with van der Waals surface area (Å²) in [6.45, 7) is 1.74. The number of methoxy groups -OCH3 is 5. The van der Waals surface area contributed by atoms with Gasteiger partial charge < -0.3 is 33.4 Å². The van der Waals surface area contributed by atoms with E-state index in [1.54, 1.807) is 19.2 Å². The van der Waals surface area contributed by atoms with Gasteiger partial charge in [0.25, 0.3) is 0 Å². The van der Waals surface area contributed by atoms with E-state index < -0.39 is 24.1 Å². The zero-order valence-corrected chi connectivity index (χ0v) is 24.7. The monoisotopic (exact) mass is 578 g/mol. The van der Waals surface area contributed by atoms with Crippen molar-refractivity contribution in [2.45, 2.75) is 37.5 Å². The summed E-state index contributed by atoms with van der Waals surface area (Å²) in [4.78, 5) is 33.1. The molecule has 3 aliphatic rings. The third-order valence-corrected chi connectivity index (χ3v) is 9.46. The number of esters is 2. The van der Waals surface area contributed by atoms with Crippen LogP contribution in [0.3, 0.4) is 0 Å². The van der Waals surface area contributed by atoms with E-state index in [9.17, 15) is 9.59 Å². The summed E-state index contributed by atoms with van der Waals surface area (Å²) in [7, 11) is 7.45. The Kier molecular flexibility index (Phi) is 7.76. The minimum atomic E-state index is -0.651. The second kappa shape index (κ2) is 11.5. The van der Waals surface area contributed by atoms with Gasteiger partial charge in [-0.25, -0.2) is 4.79 Å². The number of hydrogen-bond acceptors (Lipinski definition) is 9. The molecule has 1 aliphatic carbocycles. The smallest absolute Gasteiger partial charge is 0.338 e. The lowest BCUT2D eigenvalue weighted by Gasteiger charge is -2.52. The highest BCUT2D eigenvalue weighted by atomic mass is 16.6. The maximum absolute atomic E-state index is 13.5. The van der Waals surface area contributed by atoms with Crippen LogP contribution in [0.1, 0.15) is 40.5 Å². The van der Waals surface area contributed by atoms with Crippen LogP contribution in [0.2, 0.25) is 0 Å². The van der Waals surface area contributed by atoms with Crippen molar-refractivity contribution in [2.24, 2.45) is 17.8 Å². The summed E-state index contributed by atoms with van der Waals surface area (Å²) in [5.74, 6) is -0.254. The standard InChI is InChI=1S/C32H38N2O8/c1-37-24-12-17(13-25(38-2)29(24)39-3)31(35)42-26-14-18-16-34-11-10-20-19-8-6-7-9-22(19)33-28(20)23(34)15-21(18)27(30(26)40-4)32(36)41-5/h6-9,12-13,18,21,23,26-27,30,33H,10-11,14-16H2,1-5H3/t18-,21-,23-,26?,27?,30?/m0/s1. The third kappa shape index (κ3) is 4.66. The fourth-order valence-corrected chi connectivity index (χ4v) is 7.60. The predicted octanol–water partition coefficient (Wildman–Crippen LogP) is 4.16. The van der Waals surface area contributed by atoms with Gasteiger partial charge in [0.15, 0.2) is 11.5 Å². The van der Waals surface area contributed by atoms with Crippen molar-refractivity contribution in [3.63, 3.8) is 0 Å². The molecule has 3 heterocycles. The number of nitrogens with one attached hydrogen (secondary N) is 1. The molecule has 2 fully saturated rings. The van der Waals surface area contributed by atoms with Gasteiger partial charge in [-0.3, -0.25) is 9.69 Å². The quantitative estimate of drug-likeness (QED) is 0.414. The Bertz CT molecular complexity index is 1460. The number of aromatic amines is 1. The van der Waals surface area contributed by atoms with E-state index in [2.05, 4.69) is 34.1 Å². The van der Waals surface area contributed by atoms with Crippen LogP contribution in [-0.2, 0) is 25.4 Å². The lowest BCUT2D eigenvalue weighted by molar-refractivity contribution is -0.176. The molecule has 3 aromatic rings. The van der Waals surface area contributed by atoms with Crippen LogP contribution in [0.4, 0.5) is 0 Å². The molecule has 2 aliphatic heterocycles. The number of para-hydroxylation sites is 1. The number of fused-ring (bicyclic) bond motifs is 6. The second-order valence-electron chi connectivity index (χ2n) is 11.3. The number of aromatic nitrogens is 1. The van der Waals surface area contributed by atoms with E-state index >= 15 is 0 Å². The lowest BCUT2D eigenvalue weighted by atomic mass is 9.63. The molecule has 10 nitrogen and oxygen atoms in total. The largest absolute Gasteiger partial charge is 0.493 e. The zero-order chi connectivity index (χ0) is 29.5. The summed E-state index contributed by atoms with van der Waals surface area (Å²) in [6, 6.07) is 11.7. The summed E-state index contributed by atoms with van der Waals surface area (Å²) >= 11 is 0. The van der Waals surface area contributed by atoms with Gasteiger partial charge in [0.05, 0.1) is 46.0 Å². The fraction of sp³-hybridized carbons (Fsp3) is 0.500. The summed E-state index contributed by atoms with van der Waals surface area (Å²) in [6.07, 6.45) is 1.04. The van der Waals surface area contributed by atoms with E-state index in [0.29, 0.717) is 23.7 Å². The number of carbonyl (C=O) groups excluding carboxylic acids is 2. The van der Waals surface area contributed by atoms with Crippen molar-refractivity contribution < 1.29 is 38.0 Å². The first-order valence-electron chi connectivity index (χ1n) is 14.4. The molecule has 6 rings (SSSR count). The Morgan fingerprint density at radius 3 is 2.36 bits per heavy atom. The third-order valence-electron chi connectivity index (χ3n) is 9.46. The molecule has 1 N–H and O–H groups in total. The highest BCUT2D eigenvalue weighted by molar-refractivity contribution is 5.91. The predicted molar refractivity (Wildman–Crippen MR) is 154 cm³/mol. The van der Waals surface area contributed by atoms with Gasteiger partial charge in [0.2, 0.25) is 5.75 Å². The van der Waals surface area contributed by atoms with Gasteiger partial charge >= 0.3 is 11.9 Å². The van der Waals surface area contributed by atoms with Crippen molar-refractivity contribution in [2.75, 3.05) is 48.6 Å². The van der Waals surface area contributed by atoms with Gasteiger partial charge in [-0.05, 0) is 54.9 Å².